The second-order valence-corrected chi connectivity index (χ2v) is 10.5. The van der Waals surface area contributed by atoms with Crippen LogP contribution in [0.5, 0.6) is 5.75 Å². The van der Waals surface area contributed by atoms with Crippen molar-refractivity contribution in [1.29, 1.82) is 0 Å². The van der Waals surface area contributed by atoms with Crippen molar-refractivity contribution < 1.29 is 31.1 Å². The van der Waals surface area contributed by atoms with Crippen molar-refractivity contribution in [2.45, 2.75) is 77.0 Å². The van der Waals surface area contributed by atoms with Gasteiger partial charge in [-0.1, -0.05) is 62.6 Å². The van der Waals surface area contributed by atoms with Gasteiger partial charge in [0.25, 0.3) is 0 Å². The summed E-state index contributed by atoms with van der Waals surface area (Å²) in [5.41, 5.74) is 0.583. The van der Waals surface area contributed by atoms with E-state index in [0.717, 1.165) is 25.7 Å². The van der Waals surface area contributed by atoms with Gasteiger partial charge in [-0.3, -0.25) is 0 Å². The predicted molar refractivity (Wildman–Crippen MR) is 146 cm³/mol. The van der Waals surface area contributed by atoms with Crippen molar-refractivity contribution >= 4 is 12.2 Å². The number of halogens is 6. The summed E-state index contributed by atoms with van der Waals surface area (Å²) in [6.07, 6.45) is 8.23. The molecule has 1 fully saturated rings. The number of unbranched alkanes of at least 4 members (excludes halogenated alkanes) is 3. The van der Waals surface area contributed by atoms with Gasteiger partial charge in [0.05, 0.1) is 6.61 Å². The summed E-state index contributed by atoms with van der Waals surface area (Å²) in [5, 5.41) is 0. The number of benzene rings is 3. The third-order valence-corrected chi connectivity index (χ3v) is 7.83. The topological polar surface area (TPSA) is 9.23 Å². The number of rotatable bonds is 10. The molecule has 1 aliphatic carbocycles. The molecule has 214 valence electrons. The molecule has 1 saturated carbocycles. The molecule has 0 N–H and O–H groups in total. The Morgan fingerprint density at radius 1 is 0.625 bits per heavy atom. The average Bonchev–Trinajstić information content (AvgIpc) is 2.96. The summed E-state index contributed by atoms with van der Waals surface area (Å²) in [4.78, 5) is 0. The van der Waals surface area contributed by atoms with Crippen LogP contribution < -0.4 is 4.74 Å². The smallest absolute Gasteiger partial charge is 0.201 e. The van der Waals surface area contributed by atoms with Crippen LogP contribution in [0.3, 0.4) is 0 Å². The molecule has 0 atom stereocenters. The molecule has 1 aliphatic rings. The van der Waals surface area contributed by atoms with E-state index in [9.17, 15) is 22.0 Å². The Kier molecular flexibility index (Phi) is 9.99. The molecule has 3 aromatic rings. The van der Waals surface area contributed by atoms with Crippen LogP contribution in [-0.2, 0) is 0 Å². The molecule has 0 amide bonds. The summed E-state index contributed by atoms with van der Waals surface area (Å²) in [6, 6.07) is 8.73. The van der Waals surface area contributed by atoms with E-state index in [1.165, 1.54) is 43.3 Å². The number of ether oxygens (including phenoxy) is 1. The highest BCUT2D eigenvalue weighted by atomic mass is 19.2. The third-order valence-electron chi connectivity index (χ3n) is 7.83. The van der Waals surface area contributed by atoms with E-state index in [0.29, 0.717) is 31.2 Å². The molecule has 0 unspecified atom stereocenters. The van der Waals surface area contributed by atoms with Gasteiger partial charge >= 0.3 is 0 Å². The van der Waals surface area contributed by atoms with Crippen LogP contribution in [0.25, 0.3) is 12.2 Å². The molecule has 0 heterocycles. The Labute approximate surface area is 231 Å². The lowest BCUT2D eigenvalue weighted by Gasteiger charge is -2.29. The molecule has 0 radical (unpaired) electrons. The predicted octanol–water partition coefficient (Wildman–Crippen LogP) is 10.4. The number of hydrogen-bond acceptors (Lipinski definition) is 1. The molecule has 7 heteroatoms. The zero-order valence-corrected chi connectivity index (χ0v) is 22.8. The summed E-state index contributed by atoms with van der Waals surface area (Å²) in [6.45, 7) is 3.86. The summed E-state index contributed by atoms with van der Waals surface area (Å²) >= 11 is 0. The Hall–Kier alpha value is -3.22. The molecule has 0 spiro atoms. The first-order chi connectivity index (χ1) is 19.2. The maximum absolute atomic E-state index is 15.1. The highest BCUT2D eigenvalue weighted by Crippen LogP contribution is 2.42. The Morgan fingerprint density at radius 2 is 1.15 bits per heavy atom. The first kappa shape index (κ1) is 29.8. The van der Waals surface area contributed by atoms with Gasteiger partial charge in [-0.15, -0.1) is 0 Å². The van der Waals surface area contributed by atoms with Crippen molar-refractivity contribution in [2.24, 2.45) is 0 Å². The van der Waals surface area contributed by atoms with E-state index in [1.54, 1.807) is 12.1 Å². The third kappa shape index (κ3) is 6.56. The van der Waals surface area contributed by atoms with Crippen molar-refractivity contribution in [1.82, 2.24) is 0 Å². The van der Waals surface area contributed by atoms with Crippen LogP contribution in [0.15, 0.2) is 36.4 Å². The van der Waals surface area contributed by atoms with Crippen LogP contribution >= 0.6 is 0 Å². The lowest BCUT2D eigenvalue weighted by Crippen LogP contribution is -2.15. The minimum absolute atomic E-state index is 0.0943. The zero-order chi connectivity index (χ0) is 28.8. The van der Waals surface area contributed by atoms with Gasteiger partial charge < -0.3 is 4.74 Å². The normalized spacial score (nSPS) is 17.5. The Balaban J connectivity index is 1.42. The van der Waals surface area contributed by atoms with Gasteiger partial charge in [-0.25, -0.2) is 22.0 Å². The molecule has 1 nitrogen and oxygen atoms in total. The zero-order valence-electron chi connectivity index (χ0n) is 22.8. The van der Waals surface area contributed by atoms with Gasteiger partial charge in [-0.2, -0.15) is 4.39 Å². The lowest BCUT2D eigenvalue weighted by atomic mass is 9.75. The van der Waals surface area contributed by atoms with E-state index in [2.05, 4.69) is 6.92 Å². The first-order valence-electron chi connectivity index (χ1n) is 13.9. The van der Waals surface area contributed by atoms with E-state index in [-0.39, 0.29) is 46.4 Å². The minimum Gasteiger partial charge on any atom is -0.490 e. The van der Waals surface area contributed by atoms with Gasteiger partial charge in [0.1, 0.15) is 0 Å². The Morgan fingerprint density at radius 3 is 1.75 bits per heavy atom. The van der Waals surface area contributed by atoms with Crippen molar-refractivity contribution in [3.63, 3.8) is 0 Å². The number of aryl methyl sites for hydroxylation is 1. The largest absolute Gasteiger partial charge is 0.490 e. The second-order valence-electron chi connectivity index (χ2n) is 10.5. The van der Waals surface area contributed by atoms with Gasteiger partial charge in [0.15, 0.2) is 34.8 Å². The average molecular weight is 561 g/mol. The van der Waals surface area contributed by atoms with Crippen LogP contribution in [0.1, 0.15) is 97.9 Å². The molecule has 0 aromatic heterocycles. The second kappa shape index (κ2) is 13.4. The summed E-state index contributed by atoms with van der Waals surface area (Å²) in [5.74, 6) is -6.62. The molecule has 0 bridgehead atoms. The van der Waals surface area contributed by atoms with E-state index >= 15 is 4.39 Å². The van der Waals surface area contributed by atoms with E-state index in [1.807, 2.05) is 0 Å². The summed E-state index contributed by atoms with van der Waals surface area (Å²) in [7, 11) is 0. The fraction of sp³-hybridized carbons (Fsp3) is 0.394. The SMILES string of the molecule is CCCCCCOc1ccc(/C=C/c2ccc(C3CCC(c4ccc(C)c(F)c4F)CC3)c(F)c2F)c(F)c1F. The van der Waals surface area contributed by atoms with E-state index < -0.39 is 34.9 Å². The van der Waals surface area contributed by atoms with E-state index in [4.69, 9.17) is 4.74 Å². The highest BCUT2D eigenvalue weighted by Gasteiger charge is 2.29. The fourth-order valence-corrected chi connectivity index (χ4v) is 5.39. The minimum atomic E-state index is -1.12. The quantitative estimate of drug-likeness (QED) is 0.136. The van der Waals surface area contributed by atoms with Crippen molar-refractivity contribution in [2.75, 3.05) is 6.61 Å². The van der Waals surface area contributed by atoms with Gasteiger partial charge in [-0.05, 0) is 79.7 Å². The van der Waals surface area contributed by atoms with Crippen LogP contribution in [-0.4, -0.2) is 6.61 Å². The van der Waals surface area contributed by atoms with Gasteiger partial charge in [0.2, 0.25) is 5.82 Å². The van der Waals surface area contributed by atoms with Crippen LogP contribution in [0.4, 0.5) is 26.3 Å². The molecular weight excluding hydrogens is 526 g/mol. The Bertz CT molecular complexity index is 1360. The molecular formula is C33H34F6O. The monoisotopic (exact) mass is 560 g/mol. The number of hydrogen-bond donors (Lipinski definition) is 0. The maximum atomic E-state index is 15.1. The molecule has 0 saturated heterocycles. The van der Waals surface area contributed by atoms with Crippen molar-refractivity contribution in [3.05, 3.63) is 99.1 Å². The maximum Gasteiger partial charge on any atom is 0.201 e. The molecule has 3 aromatic carbocycles. The van der Waals surface area contributed by atoms with Crippen molar-refractivity contribution in [3.8, 4) is 5.75 Å². The lowest BCUT2D eigenvalue weighted by molar-refractivity contribution is 0.285. The standard InChI is InChI=1S/C33H34F6O/c1-3-4-5-6-19-40-27-18-15-24(30(36)33(27)39)13-12-23-14-17-26(32(38)29(23)35)22-10-8-21(9-11-22)25-16-7-20(2)28(34)31(25)37/h7,12-18,21-22H,3-6,8-11,19H2,1-2H3/b13-12+. The van der Waals surface area contributed by atoms with Crippen LogP contribution in [0.2, 0.25) is 0 Å². The highest BCUT2D eigenvalue weighted by molar-refractivity contribution is 5.70. The molecule has 40 heavy (non-hydrogen) atoms. The van der Waals surface area contributed by atoms with Gasteiger partial charge in [0, 0.05) is 11.1 Å². The first-order valence-corrected chi connectivity index (χ1v) is 13.9. The van der Waals surface area contributed by atoms with Crippen LogP contribution in [0, 0.1) is 41.8 Å². The fourth-order valence-electron chi connectivity index (χ4n) is 5.39. The molecule has 0 aliphatic heterocycles. The summed E-state index contributed by atoms with van der Waals surface area (Å²) < 4.78 is 92.9. The molecule has 4 rings (SSSR count).